The van der Waals surface area contributed by atoms with Crippen molar-refractivity contribution in [1.29, 1.82) is 0 Å². The molecule has 3 aliphatic carbocycles. The monoisotopic (exact) mass is 394 g/mol. The highest BCUT2D eigenvalue weighted by molar-refractivity contribution is 7.71. The molecule has 0 heterocycles. The first-order chi connectivity index (χ1) is 12.8. The molecule has 0 N–H and O–H groups in total. The van der Waals surface area contributed by atoms with Crippen molar-refractivity contribution in [3.8, 4) is 0 Å². The third kappa shape index (κ3) is 4.54. The summed E-state index contributed by atoms with van der Waals surface area (Å²) in [4.78, 5) is 0. The minimum absolute atomic E-state index is 0.274. The van der Waals surface area contributed by atoms with Crippen LogP contribution in [-0.4, -0.2) is 0 Å². The lowest BCUT2D eigenvalue weighted by Gasteiger charge is -2.37. The Hall–Kier alpha value is -1.13. The predicted octanol–water partition coefficient (Wildman–Crippen LogP) is 9.25. The van der Waals surface area contributed by atoms with Crippen molar-refractivity contribution in [3.05, 3.63) is 69.1 Å². The summed E-state index contributed by atoms with van der Waals surface area (Å²) in [5.41, 5.74) is 5.56. The van der Waals surface area contributed by atoms with Gasteiger partial charge in [-0.15, -0.1) is 0 Å². The molecule has 0 saturated heterocycles. The molecule has 0 fully saturated rings. The molecular formula is C27H39P. The molecule has 152 valence electrons. The van der Waals surface area contributed by atoms with Crippen LogP contribution in [-0.2, 0) is 0 Å². The normalized spacial score (nSPS) is 25.9. The van der Waals surface area contributed by atoms with E-state index in [0.717, 1.165) is 0 Å². The number of hydrogen-bond acceptors (Lipinski definition) is 0. The zero-order valence-corrected chi connectivity index (χ0v) is 20.4. The van der Waals surface area contributed by atoms with Crippen molar-refractivity contribution >= 4 is 7.92 Å². The highest BCUT2D eigenvalue weighted by Gasteiger charge is 2.33. The fraction of sp³-hybridized carbons (Fsp3) is 0.556. The Morgan fingerprint density at radius 3 is 1.00 bits per heavy atom. The summed E-state index contributed by atoms with van der Waals surface area (Å²) < 4.78 is 0. The van der Waals surface area contributed by atoms with Crippen LogP contribution in [0.15, 0.2) is 69.1 Å². The summed E-state index contributed by atoms with van der Waals surface area (Å²) in [6.07, 6.45) is 18.2. The van der Waals surface area contributed by atoms with Gasteiger partial charge in [-0.25, -0.2) is 0 Å². The van der Waals surface area contributed by atoms with Gasteiger partial charge >= 0.3 is 0 Å². The molecule has 0 amide bonds. The Morgan fingerprint density at radius 2 is 0.786 bits per heavy atom. The Morgan fingerprint density at radius 1 is 0.536 bits per heavy atom. The van der Waals surface area contributed by atoms with Crippen LogP contribution in [0.2, 0.25) is 0 Å². The predicted molar refractivity (Wildman–Crippen MR) is 128 cm³/mol. The summed E-state index contributed by atoms with van der Waals surface area (Å²) in [5.74, 6) is 0. The maximum Gasteiger partial charge on any atom is -0.0134 e. The van der Waals surface area contributed by atoms with Crippen LogP contribution in [0.25, 0.3) is 0 Å². The second-order valence-corrected chi connectivity index (χ2v) is 13.4. The van der Waals surface area contributed by atoms with E-state index in [0.29, 0.717) is 0 Å². The highest BCUT2D eigenvalue weighted by atomic mass is 31.1. The van der Waals surface area contributed by atoms with Crippen LogP contribution < -0.4 is 0 Å². The Kier molecular flexibility index (Phi) is 5.61. The van der Waals surface area contributed by atoms with Crippen LogP contribution in [0.1, 0.15) is 81.6 Å². The Labute approximate surface area is 175 Å². The lowest BCUT2D eigenvalue weighted by Crippen LogP contribution is -2.16. The molecule has 3 aliphatic rings. The van der Waals surface area contributed by atoms with Crippen LogP contribution in [0, 0.1) is 16.2 Å². The second kappa shape index (κ2) is 7.28. The molecule has 0 aromatic carbocycles. The van der Waals surface area contributed by atoms with Gasteiger partial charge in [0.1, 0.15) is 0 Å². The fourth-order valence-corrected chi connectivity index (χ4v) is 7.86. The van der Waals surface area contributed by atoms with Gasteiger partial charge in [0.05, 0.1) is 0 Å². The van der Waals surface area contributed by atoms with Gasteiger partial charge in [-0.1, -0.05) is 94.7 Å². The first-order valence-electron chi connectivity index (χ1n) is 10.8. The topological polar surface area (TPSA) is 0 Å². The smallest absolute Gasteiger partial charge is 0.0134 e. The molecular weight excluding hydrogens is 355 g/mol. The molecule has 0 nitrogen and oxygen atoms in total. The first kappa shape index (κ1) is 21.6. The van der Waals surface area contributed by atoms with E-state index in [4.69, 9.17) is 0 Å². The van der Waals surface area contributed by atoms with Gasteiger partial charge in [-0.3, -0.25) is 0 Å². The van der Waals surface area contributed by atoms with Gasteiger partial charge in [0, 0.05) is 0 Å². The average Bonchev–Trinajstić information content (AvgIpc) is 2.50. The lowest BCUT2D eigenvalue weighted by atomic mass is 9.82. The van der Waals surface area contributed by atoms with Gasteiger partial charge in [-0.05, 0) is 80.1 Å². The van der Waals surface area contributed by atoms with E-state index in [1.165, 1.54) is 19.3 Å². The van der Waals surface area contributed by atoms with E-state index in [-0.39, 0.29) is 16.2 Å². The fourth-order valence-electron chi connectivity index (χ4n) is 5.02. The molecule has 0 atom stereocenters. The van der Waals surface area contributed by atoms with Crippen molar-refractivity contribution < 1.29 is 0 Å². The average molecular weight is 395 g/mol. The van der Waals surface area contributed by atoms with E-state index in [1.54, 1.807) is 32.7 Å². The van der Waals surface area contributed by atoms with Gasteiger partial charge in [0.25, 0.3) is 0 Å². The van der Waals surface area contributed by atoms with Crippen molar-refractivity contribution in [2.45, 2.75) is 81.6 Å². The van der Waals surface area contributed by atoms with Crippen LogP contribution in [0.3, 0.4) is 0 Å². The van der Waals surface area contributed by atoms with Gasteiger partial charge in [0.2, 0.25) is 0 Å². The molecule has 0 bridgehead atoms. The minimum Gasteiger partial charge on any atom is -0.0779 e. The Balaban J connectivity index is 2.14. The van der Waals surface area contributed by atoms with E-state index in [2.05, 4.69) is 98.8 Å². The largest absolute Gasteiger partial charge is 0.0779 e. The molecule has 28 heavy (non-hydrogen) atoms. The van der Waals surface area contributed by atoms with Gasteiger partial charge < -0.3 is 0 Å². The first-order valence-corrected chi connectivity index (χ1v) is 12.1. The molecule has 0 spiro atoms. The molecule has 0 aromatic heterocycles. The van der Waals surface area contributed by atoms with Crippen molar-refractivity contribution in [2.24, 2.45) is 16.2 Å². The SMILES string of the molecule is CC1=C(P(C2=C(C)CC(C)(C)C=C2)C2=C(C)CC(C)(C)C=C2)C=CC(C)(C)C1. The maximum absolute atomic E-state index is 2.46. The van der Waals surface area contributed by atoms with Gasteiger partial charge in [-0.2, -0.15) is 0 Å². The quantitative estimate of drug-likeness (QED) is 0.418. The van der Waals surface area contributed by atoms with E-state index >= 15 is 0 Å². The summed E-state index contributed by atoms with van der Waals surface area (Å²) in [6.45, 7) is 21.2. The number of hydrogen-bond donors (Lipinski definition) is 0. The third-order valence-corrected chi connectivity index (χ3v) is 9.31. The minimum atomic E-state index is -0.479. The highest BCUT2D eigenvalue weighted by Crippen LogP contribution is 2.66. The van der Waals surface area contributed by atoms with E-state index in [9.17, 15) is 0 Å². The summed E-state index contributed by atoms with van der Waals surface area (Å²) in [7, 11) is -0.479. The molecule has 3 rings (SSSR count). The Bertz CT molecular complexity index is 733. The molecule has 0 saturated carbocycles. The zero-order valence-electron chi connectivity index (χ0n) is 19.5. The zero-order chi connectivity index (χ0) is 20.9. The summed E-state index contributed by atoms with van der Waals surface area (Å²) in [5, 5.41) is 4.77. The van der Waals surface area contributed by atoms with Crippen LogP contribution >= 0.6 is 7.92 Å². The number of allylic oxidation sites excluding steroid dienone is 12. The van der Waals surface area contributed by atoms with E-state index < -0.39 is 7.92 Å². The molecule has 1 heteroatoms. The maximum atomic E-state index is 2.46. The van der Waals surface area contributed by atoms with Crippen molar-refractivity contribution in [1.82, 2.24) is 0 Å². The molecule has 0 radical (unpaired) electrons. The van der Waals surface area contributed by atoms with Crippen LogP contribution in [0.4, 0.5) is 0 Å². The third-order valence-electron chi connectivity index (χ3n) is 6.27. The van der Waals surface area contributed by atoms with E-state index in [1.807, 2.05) is 0 Å². The molecule has 0 unspecified atom stereocenters. The summed E-state index contributed by atoms with van der Waals surface area (Å²) in [6, 6.07) is 0. The lowest BCUT2D eigenvalue weighted by molar-refractivity contribution is 0.468. The molecule has 0 aliphatic heterocycles. The summed E-state index contributed by atoms with van der Waals surface area (Å²) >= 11 is 0. The van der Waals surface area contributed by atoms with Crippen molar-refractivity contribution in [2.75, 3.05) is 0 Å². The van der Waals surface area contributed by atoms with Crippen molar-refractivity contribution in [3.63, 3.8) is 0 Å². The van der Waals surface area contributed by atoms with Gasteiger partial charge in [0.15, 0.2) is 0 Å². The standard InChI is InChI=1S/C27H39P/c1-19-16-25(4,5)13-10-22(19)28(23-11-14-26(6,7)17-20(23)2)24-12-15-27(8,9)18-21(24)3/h10-15H,16-18H2,1-9H3. The molecule has 0 aromatic rings. The van der Waals surface area contributed by atoms with Crippen LogP contribution in [0.5, 0.6) is 0 Å². The number of rotatable bonds is 3. The second-order valence-electron chi connectivity index (χ2n) is 11.3.